The summed E-state index contributed by atoms with van der Waals surface area (Å²) < 4.78 is 14.6. The molecule has 0 aliphatic heterocycles. The van der Waals surface area contributed by atoms with Crippen molar-refractivity contribution in [2.24, 2.45) is 5.73 Å². The predicted octanol–water partition coefficient (Wildman–Crippen LogP) is 6.41. The molecule has 0 bridgehead atoms. The largest absolute Gasteiger partial charge is 0.485 e. The smallest absolute Gasteiger partial charge is 0.213 e. The number of hydrogen-bond donors (Lipinski definition) is 1. The van der Waals surface area contributed by atoms with Crippen molar-refractivity contribution < 1.29 is 14.0 Å². The Balaban J connectivity index is 1.41. The first-order chi connectivity index (χ1) is 18.3. The van der Waals surface area contributed by atoms with E-state index >= 15 is 0 Å². The van der Waals surface area contributed by atoms with E-state index in [1.807, 2.05) is 48.5 Å². The molecule has 0 amide bonds. The standard InChI is InChI=1S/C33H31N2O2/c34-20-22-35-21-19-29(30-13-7-8-14-31(30)35)17-15-26-16-18-32(36-24-27-9-3-1-4-10-27)33(23-26)37-25-28-11-5-2-6-12-28/h1-19,21,23H,20,22,24-25,34H2/q+1/b17-15+. The Bertz CT molecular complexity index is 1480. The molecule has 4 heteroatoms. The minimum atomic E-state index is 0.472. The quantitative estimate of drug-likeness (QED) is 0.232. The molecule has 0 saturated carbocycles. The average Bonchev–Trinajstić information content (AvgIpc) is 2.96. The molecule has 0 aliphatic rings. The number of para-hydroxylation sites is 1. The molecule has 0 aliphatic carbocycles. The Labute approximate surface area is 218 Å². The van der Waals surface area contributed by atoms with Crippen LogP contribution in [0.5, 0.6) is 11.5 Å². The van der Waals surface area contributed by atoms with Crippen LogP contribution in [0.25, 0.3) is 23.1 Å². The van der Waals surface area contributed by atoms with Crippen molar-refractivity contribution >= 4 is 23.1 Å². The van der Waals surface area contributed by atoms with Crippen LogP contribution in [0, 0.1) is 0 Å². The van der Waals surface area contributed by atoms with E-state index in [1.165, 1.54) is 10.9 Å². The molecule has 4 nitrogen and oxygen atoms in total. The minimum Gasteiger partial charge on any atom is -0.485 e. The van der Waals surface area contributed by atoms with Gasteiger partial charge >= 0.3 is 0 Å². The maximum absolute atomic E-state index is 6.24. The number of fused-ring (bicyclic) bond motifs is 1. The number of ether oxygens (including phenoxy) is 2. The van der Waals surface area contributed by atoms with Crippen molar-refractivity contribution in [2.75, 3.05) is 6.54 Å². The van der Waals surface area contributed by atoms with Gasteiger partial charge in [0.2, 0.25) is 5.52 Å². The summed E-state index contributed by atoms with van der Waals surface area (Å²) in [5, 5.41) is 1.19. The zero-order chi connectivity index (χ0) is 25.3. The summed E-state index contributed by atoms with van der Waals surface area (Å²) in [4.78, 5) is 0. The summed E-state index contributed by atoms with van der Waals surface area (Å²) in [6.07, 6.45) is 6.37. The van der Waals surface area contributed by atoms with E-state index in [4.69, 9.17) is 15.2 Å². The number of pyridine rings is 1. The first-order valence-electron chi connectivity index (χ1n) is 12.6. The lowest BCUT2D eigenvalue weighted by Gasteiger charge is -2.14. The van der Waals surface area contributed by atoms with Crippen molar-refractivity contribution in [3.8, 4) is 11.5 Å². The van der Waals surface area contributed by atoms with Gasteiger partial charge in [0.15, 0.2) is 24.2 Å². The van der Waals surface area contributed by atoms with E-state index in [-0.39, 0.29) is 0 Å². The monoisotopic (exact) mass is 487 g/mol. The third-order valence-corrected chi connectivity index (χ3v) is 6.23. The molecule has 5 aromatic rings. The second-order valence-corrected chi connectivity index (χ2v) is 8.86. The highest BCUT2D eigenvalue weighted by atomic mass is 16.5. The highest BCUT2D eigenvalue weighted by molar-refractivity contribution is 5.88. The number of aromatic nitrogens is 1. The highest BCUT2D eigenvalue weighted by Gasteiger charge is 2.11. The molecule has 37 heavy (non-hydrogen) atoms. The predicted molar refractivity (Wildman–Crippen MR) is 150 cm³/mol. The van der Waals surface area contributed by atoms with Crippen LogP contribution < -0.4 is 19.8 Å². The number of benzene rings is 4. The summed E-state index contributed by atoms with van der Waals surface area (Å²) in [5.74, 6) is 1.45. The van der Waals surface area contributed by atoms with Gasteiger partial charge in [-0.1, -0.05) is 91.0 Å². The fourth-order valence-electron chi connectivity index (χ4n) is 4.30. The Morgan fingerprint density at radius 2 is 1.30 bits per heavy atom. The molecule has 5 rings (SSSR count). The van der Waals surface area contributed by atoms with E-state index < -0.39 is 0 Å². The van der Waals surface area contributed by atoms with Gasteiger partial charge < -0.3 is 15.2 Å². The van der Waals surface area contributed by atoms with Gasteiger partial charge in [0, 0.05) is 12.1 Å². The lowest BCUT2D eigenvalue weighted by molar-refractivity contribution is -0.668. The Hall–Kier alpha value is -4.41. The van der Waals surface area contributed by atoms with Crippen molar-refractivity contribution in [3.05, 3.63) is 138 Å². The molecular formula is C33H31N2O2+. The molecule has 0 unspecified atom stereocenters. The van der Waals surface area contributed by atoms with Crippen LogP contribution in [0.2, 0.25) is 0 Å². The van der Waals surface area contributed by atoms with Gasteiger partial charge in [-0.05, 0) is 40.5 Å². The zero-order valence-corrected chi connectivity index (χ0v) is 20.8. The van der Waals surface area contributed by atoms with Gasteiger partial charge in [-0.2, -0.15) is 4.57 Å². The lowest BCUT2D eigenvalue weighted by Crippen LogP contribution is -2.37. The van der Waals surface area contributed by atoms with Crippen LogP contribution in [0.3, 0.4) is 0 Å². The number of hydrogen-bond acceptors (Lipinski definition) is 3. The molecule has 1 aromatic heterocycles. The topological polar surface area (TPSA) is 48.4 Å². The van der Waals surface area contributed by atoms with Crippen molar-refractivity contribution in [2.45, 2.75) is 19.8 Å². The average molecular weight is 488 g/mol. The van der Waals surface area contributed by atoms with E-state index in [0.717, 1.165) is 40.3 Å². The number of nitrogens with two attached hydrogens (primary N) is 1. The molecule has 0 saturated heterocycles. The van der Waals surface area contributed by atoms with Gasteiger partial charge in [-0.3, -0.25) is 0 Å². The molecule has 184 valence electrons. The molecule has 4 aromatic carbocycles. The van der Waals surface area contributed by atoms with E-state index in [1.54, 1.807) is 0 Å². The number of rotatable bonds is 10. The Morgan fingerprint density at radius 1 is 0.649 bits per heavy atom. The summed E-state index contributed by atoms with van der Waals surface area (Å²) in [7, 11) is 0. The summed E-state index contributed by atoms with van der Waals surface area (Å²) >= 11 is 0. The normalized spacial score (nSPS) is 11.2. The highest BCUT2D eigenvalue weighted by Crippen LogP contribution is 2.31. The molecule has 0 spiro atoms. The molecule has 2 N–H and O–H groups in total. The van der Waals surface area contributed by atoms with Gasteiger partial charge in [0.25, 0.3) is 0 Å². The molecule has 1 heterocycles. The molecular weight excluding hydrogens is 456 g/mol. The SMILES string of the molecule is NCC[n+]1ccc(/C=C/c2ccc(OCc3ccccc3)c(OCc3ccccc3)c2)c2ccccc21. The zero-order valence-electron chi connectivity index (χ0n) is 20.8. The van der Waals surface area contributed by atoms with E-state index in [9.17, 15) is 0 Å². The summed E-state index contributed by atoms with van der Waals surface area (Å²) in [5.41, 5.74) is 11.4. The van der Waals surface area contributed by atoms with E-state index in [2.05, 4.69) is 83.6 Å². The third kappa shape index (κ3) is 6.24. The van der Waals surface area contributed by atoms with Crippen LogP contribution in [-0.2, 0) is 19.8 Å². The molecule has 0 atom stereocenters. The first-order valence-corrected chi connectivity index (χ1v) is 12.6. The van der Waals surface area contributed by atoms with Gasteiger partial charge in [0.1, 0.15) is 13.2 Å². The second kappa shape index (κ2) is 12.0. The van der Waals surface area contributed by atoms with E-state index in [0.29, 0.717) is 19.8 Å². The van der Waals surface area contributed by atoms with Crippen LogP contribution >= 0.6 is 0 Å². The first kappa shape index (κ1) is 24.3. The van der Waals surface area contributed by atoms with Gasteiger partial charge in [0.05, 0.1) is 11.9 Å². The maximum atomic E-state index is 6.24. The third-order valence-electron chi connectivity index (χ3n) is 6.23. The molecule has 0 fully saturated rings. The Morgan fingerprint density at radius 3 is 2.00 bits per heavy atom. The van der Waals surface area contributed by atoms with Gasteiger partial charge in [-0.25, -0.2) is 0 Å². The fourth-order valence-corrected chi connectivity index (χ4v) is 4.30. The van der Waals surface area contributed by atoms with Crippen LogP contribution in [-0.4, -0.2) is 6.54 Å². The number of nitrogens with zero attached hydrogens (tertiary/aromatic N) is 1. The summed E-state index contributed by atoms with van der Waals surface area (Å²) in [6.45, 7) is 2.35. The molecule has 0 radical (unpaired) electrons. The van der Waals surface area contributed by atoms with Crippen molar-refractivity contribution in [1.29, 1.82) is 0 Å². The fraction of sp³-hybridized carbons (Fsp3) is 0.121. The van der Waals surface area contributed by atoms with Crippen LogP contribution in [0.4, 0.5) is 0 Å². The minimum absolute atomic E-state index is 0.472. The van der Waals surface area contributed by atoms with Gasteiger partial charge in [-0.15, -0.1) is 0 Å². The Kier molecular flexibility index (Phi) is 7.89. The van der Waals surface area contributed by atoms with Crippen molar-refractivity contribution in [3.63, 3.8) is 0 Å². The second-order valence-electron chi connectivity index (χ2n) is 8.86. The maximum Gasteiger partial charge on any atom is 0.213 e. The van der Waals surface area contributed by atoms with Crippen LogP contribution in [0.1, 0.15) is 22.3 Å². The van der Waals surface area contributed by atoms with Crippen LogP contribution in [0.15, 0.2) is 115 Å². The van der Waals surface area contributed by atoms with Crippen molar-refractivity contribution in [1.82, 2.24) is 0 Å². The lowest BCUT2D eigenvalue weighted by atomic mass is 10.1. The summed E-state index contributed by atoms with van der Waals surface area (Å²) in [6, 6.07) is 37.0.